The number of aliphatic carboxylic acids is 2. The minimum absolute atomic E-state index is 0.0628. The van der Waals surface area contributed by atoms with E-state index in [0.29, 0.717) is 22.3 Å². The number of carboxylic acid groups (broad SMARTS) is 2. The van der Waals surface area contributed by atoms with Gasteiger partial charge in [-0.3, -0.25) is 86.5 Å². The van der Waals surface area contributed by atoms with Crippen LogP contribution in [0.3, 0.4) is 0 Å². The van der Waals surface area contributed by atoms with Crippen molar-refractivity contribution in [3.05, 3.63) is 155 Å². The van der Waals surface area contributed by atoms with Crippen LogP contribution in [0.5, 0.6) is 5.75 Å². The van der Waals surface area contributed by atoms with Crippen LogP contribution in [0.15, 0.2) is 128 Å². The Hall–Kier alpha value is -13.2. The molecule has 19 N–H and O–H groups in total. The largest absolute Gasteiger partial charge is 0.482 e. The van der Waals surface area contributed by atoms with Crippen LogP contribution in [0.25, 0.3) is 11.1 Å². The molecule has 4 aromatic carbocycles. The van der Waals surface area contributed by atoms with Gasteiger partial charge in [-0.2, -0.15) is 0 Å². The number of pyridine rings is 1. The molecule has 2 heterocycles. The molecule has 1 aromatic heterocycles. The normalized spacial score (nSPS) is 23.9. The summed E-state index contributed by atoms with van der Waals surface area (Å²) >= 11 is 0.727. The number of benzene rings is 4. The number of carboxylic acids is 2. The fraction of sp³-hybridized carbons (Fsp3) is 0.500. The molecule has 0 spiro atoms. The number of amides is 15. The van der Waals surface area contributed by atoms with E-state index >= 15 is 33.6 Å². The monoisotopic (exact) mass is 1860 g/mol. The van der Waals surface area contributed by atoms with Gasteiger partial charge in [-0.05, 0) is 127 Å². The topological polar surface area (TPSA) is 590 Å². The number of carbonyl (C=O) groups is 18. The number of thioether (sulfide) groups is 1. The fourth-order valence-electron chi connectivity index (χ4n) is 14.5. The highest BCUT2D eigenvalue weighted by molar-refractivity contribution is 8.00. The minimum Gasteiger partial charge on any atom is -0.482 e. The van der Waals surface area contributed by atoms with Gasteiger partial charge in [0.1, 0.15) is 77.7 Å². The number of likely N-dealkylation sites (N-methyl/N-ethyl adjacent to an activating group) is 1. The zero-order chi connectivity index (χ0) is 98.8. The molecule has 15 amide bonds. The molecule has 39 heteroatoms. The van der Waals surface area contributed by atoms with Crippen molar-refractivity contribution >= 4 is 118 Å². The lowest BCUT2D eigenvalue weighted by molar-refractivity contribution is -0.143. The highest BCUT2D eigenvalue weighted by atomic mass is 32.2. The number of primary amides is 2. The van der Waals surface area contributed by atoms with Crippen LogP contribution >= 0.6 is 11.8 Å². The standard InChI is InChI=1S/C94H128N16O22S/c1-50(2)35-65-75(112)43-64(53(7)8)83(121)109-94(13,49-111)93(131)107-74(81(96)119)47-133-48-77(114)98-68(41-59-31-33-97-34-32-59)86(124)102-69(40-58-25-29-63(30-26-58)132-46-79(117)118)87(125)106-73(45-78(115)116)90(128)104-71(42-60-20-18-19-55(11)38-60)88(126)101-67(37-52(5)6)85(123)103-70(39-57-23-27-62(28-24-57)61-21-16-15-17-22-61)91(129)108-80(54(9)10)92(130)110(14)56(12)82(120)100-66(36-51(3)4)84(122)105-72(44-76(95)113)89(127)99-65/h15-34,38,50-54,56,64-74,80,111H,35-37,39-49H2,1-14H3,(H2,95,113)(H2,96,119)(H,98,114)(H,99,127)(H,100,120)(H,101,126)(H,102,124)(H,103,123)(H,104,128)(H,105,122)(H,106,125)(H,107,131)(H,108,129)(H,109,121)(H,115,116)(H,117,118)/t56-,64-,65-,66+,67-,68-,69-,70-,71-,72-,73-,74-,80-,94-/m0/s1. The second kappa shape index (κ2) is 52.1. The van der Waals surface area contributed by atoms with E-state index in [-0.39, 0.29) is 61.7 Å². The number of hydrogen-bond acceptors (Lipinski definition) is 22. The van der Waals surface area contributed by atoms with Crippen molar-refractivity contribution in [3.63, 3.8) is 0 Å². The van der Waals surface area contributed by atoms with E-state index in [0.717, 1.165) is 34.7 Å². The van der Waals surface area contributed by atoms with Gasteiger partial charge in [0.05, 0.1) is 31.2 Å². The maximum absolute atomic E-state index is 15.3. The second-order valence-electron chi connectivity index (χ2n) is 35.6. The van der Waals surface area contributed by atoms with Crippen LogP contribution in [0.4, 0.5) is 0 Å². The summed E-state index contributed by atoms with van der Waals surface area (Å²) in [4.78, 5) is 263. The number of aliphatic hydroxyl groups excluding tert-OH is 1. The molecule has 0 unspecified atom stereocenters. The van der Waals surface area contributed by atoms with Gasteiger partial charge < -0.3 is 100 Å². The van der Waals surface area contributed by atoms with Crippen molar-refractivity contribution in [2.24, 2.45) is 47.0 Å². The first-order chi connectivity index (χ1) is 62.6. The van der Waals surface area contributed by atoms with Gasteiger partial charge in [0.2, 0.25) is 88.6 Å². The Labute approximate surface area is 777 Å². The molecule has 133 heavy (non-hydrogen) atoms. The molecule has 722 valence electrons. The number of ether oxygens (including phenoxy) is 1. The van der Waals surface area contributed by atoms with Gasteiger partial charge in [-0.1, -0.05) is 166 Å². The van der Waals surface area contributed by atoms with E-state index in [1.54, 1.807) is 125 Å². The van der Waals surface area contributed by atoms with Crippen LogP contribution in [0, 0.1) is 42.4 Å². The number of rotatable bonds is 26. The summed E-state index contributed by atoms with van der Waals surface area (Å²) in [7, 11) is 1.28. The Balaban J connectivity index is 1.48. The van der Waals surface area contributed by atoms with Crippen LogP contribution in [0.2, 0.25) is 0 Å². The molecule has 1 fully saturated rings. The Morgan fingerprint density at radius 2 is 0.925 bits per heavy atom. The number of ketones is 1. The predicted molar refractivity (Wildman–Crippen MR) is 493 cm³/mol. The van der Waals surface area contributed by atoms with Gasteiger partial charge in [-0.25, -0.2) is 4.79 Å². The van der Waals surface area contributed by atoms with Crippen molar-refractivity contribution in [3.8, 4) is 16.9 Å². The predicted octanol–water partition coefficient (Wildman–Crippen LogP) is 1.45. The summed E-state index contributed by atoms with van der Waals surface area (Å²) in [6.45, 7) is 19.1. The molecule has 1 aliphatic rings. The van der Waals surface area contributed by atoms with Gasteiger partial charge in [0.25, 0.3) is 0 Å². The molecule has 0 aliphatic carbocycles. The van der Waals surface area contributed by atoms with Crippen molar-refractivity contribution in [1.29, 1.82) is 0 Å². The third-order valence-electron chi connectivity index (χ3n) is 22.1. The van der Waals surface area contributed by atoms with E-state index in [1.165, 1.54) is 62.8 Å². The molecular weight excluding hydrogens is 1740 g/mol. The lowest BCUT2D eigenvalue weighted by Crippen LogP contribution is -2.63. The maximum atomic E-state index is 15.3. The maximum Gasteiger partial charge on any atom is 0.341 e. The molecule has 38 nitrogen and oxygen atoms in total. The number of aliphatic hydroxyl groups is 1. The number of nitrogens with zero attached hydrogens (tertiary/aromatic N) is 2. The van der Waals surface area contributed by atoms with Gasteiger partial charge in [0, 0.05) is 63.2 Å². The van der Waals surface area contributed by atoms with Crippen molar-refractivity contribution < 1.29 is 106 Å². The average Bonchev–Trinajstić information content (AvgIpc) is 0.825. The Kier molecular flexibility index (Phi) is 42.6. The van der Waals surface area contributed by atoms with Crippen LogP contribution < -0.4 is 80.0 Å². The number of aromatic nitrogens is 1. The molecular formula is C94H128N16O22S. The SMILES string of the molecule is Cc1cccc(C[C@@H]2NC(=O)[C@H](CC(=O)O)NC(=O)[C@H](Cc3ccc(OCC(=O)O)cc3)NC(=O)[C@H](Cc3ccncc3)NC(=O)CSC[C@@H](C(N)=O)NC(=O)[C@](C)(CO)NC(=O)[C@H](C(C)C)CC(=O)[C@H](CC(C)C)NC(=O)[C@H](CC(N)=O)NC(=O)[C@@H](CC(C)C)NC(=O)[C@H](C)N(C)C(=O)[C@H](C(C)C)NC(=O)[C@H](Cc3ccc(-c4ccccc4)cc3)NC(=O)[C@H](CC(C)C)NC2=O)c1. The molecule has 0 radical (unpaired) electrons. The summed E-state index contributed by atoms with van der Waals surface area (Å²) in [5.41, 5.74) is 13.2. The quantitative estimate of drug-likeness (QED) is 0.0372. The minimum atomic E-state index is -2.26. The Morgan fingerprint density at radius 1 is 0.489 bits per heavy atom. The average molecular weight is 1870 g/mol. The number of carbonyl (C=O) groups excluding carboxylic acids is 16. The Morgan fingerprint density at radius 3 is 1.40 bits per heavy atom. The highest BCUT2D eigenvalue weighted by Gasteiger charge is 2.43. The van der Waals surface area contributed by atoms with Gasteiger partial charge in [0.15, 0.2) is 12.4 Å². The lowest BCUT2D eigenvalue weighted by atomic mass is 9.85. The van der Waals surface area contributed by atoms with E-state index < -0.39 is 258 Å². The summed E-state index contributed by atoms with van der Waals surface area (Å²) < 4.78 is 5.32. The van der Waals surface area contributed by atoms with Crippen LogP contribution in [-0.2, 0) is 112 Å². The molecule has 0 saturated carbocycles. The molecule has 1 saturated heterocycles. The number of aryl methyl sites for hydroxylation is 1. The van der Waals surface area contributed by atoms with Crippen LogP contribution in [0.1, 0.15) is 149 Å². The van der Waals surface area contributed by atoms with E-state index in [4.69, 9.17) is 16.2 Å². The lowest BCUT2D eigenvalue weighted by Gasteiger charge is -2.33. The molecule has 6 rings (SSSR count). The zero-order valence-electron chi connectivity index (χ0n) is 77.5. The number of nitrogens with one attached hydrogen (secondary N) is 12. The van der Waals surface area contributed by atoms with Gasteiger partial charge >= 0.3 is 11.9 Å². The highest BCUT2D eigenvalue weighted by Crippen LogP contribution is 2.25. The van der Waals surface area contributed by atoms with Gasteiger partial charge in [-0.15, -0.1) is 11.8 Å². The smallest absolute Gasteiger partial charge is 0.341 e. The summed E-state index contributed by atoms with van der Waals surface area (Å²) in [5, 5.41) is 61.9. The van der Waals surface area contributed by atoms with E-state index in [2.05, 4.69) is 68.8 Å². The van der Waals surface area contributed by atoms with Crippen molar-refractivity contribution in [2.75, 3.05) is 31.8 Å². The molecule has 14 atom stereocenters. The fourth-order valence-corrected chi connectivity index (χ4v) is 15.4. The molecule has 5 aromatic rings. The van der Waals surface area contributed by atoms with E-state index in [1.807, 2.05) is 30.3 Å². The summed E-state index contributed by atoms with van der Waals surface area (Å²) in [5.74, 6) is -23.8. The summed E-state index contributed by atoms with van der Waals surface area (Å²) in [6, 6.07) is 12.4. The first kappa shape index (κ1) is 109. The number of Topliss-reactive ketones (excluding diaryl/α,β-unsaturated/α-hetero) is 1. The zero-order valence-corrected chi connectivity index (χ0v) is 78.3. The molecule has 1 aliphatic heterocycles. The third-order valence-corrected chi connectivity index (χ3v) is 23.2. The van der Waals surface area contributed by atoms with E-state index in [9.17, 15) is 68.1 Å². The second-order valence-corrected chi connectivity index (χ2v) is 36.6. The Bertz CT molecular complexity index is 4910. The first-order valence-electron chi connectivity index (χ1n) is 44.1. The molecule has 0 bridgehead atoms. The number of nitrogens with two attached hydrogens (primary N) is 2. The third kappa shape index (κ3) is 35.5. The summed E-state index contributed by atoms with van der Waals surface area (Å²) in [6.07, 6.45) is -1.40. The first-order valence-corrected chi connectivity index (χ1v) is 45.3. The number of hydrogen-bond donors (Lipinski definition) is 17. The van der Waals surface area contributed by atoms with Crippen molar-refractivity contribution in [1.82, 2.24) is 73.7 Å². The van der Waals surface area contributed by atoms with Crippen LogP contribution in [-0.4, -0.2) is 241 Å². The van der Waals surface area contributed by atoms with Crippen molar-refractivity contribution in [2.45, 2.75) is 232 Å².